The van der Waals surface area contributed by atoms with E-state index in [1.807, 2.05) is 11.9 Å². The van der Waals surface area contributed by atoms with Crippen LogP contribution in [0, 0.1) is 5.92 Å². The molecule has 1 heterocycles. The first kappa shape index (κ1) is 13.8. The largest absolute Gasteiger partial charge is 0.368 e. The molecule has 2 fully saturated rings. The van der Waals surface area contributed by atoms with Crippen molar-refractivity contribution in [2.24, 2.45) is 5.92 Å². The Balaban J connectivity index is 1.63. The highest BCUT2D eigenvalue weighted by Crippen LogP contribution is 2.25. The van der Waals surface area contributed by atoms with Crippen LogP contribution in [-0.4, -0.2) is 50.2 Å². The lowest BCUT2D eigenvalue weighted by molar-refractivity contribution is -0.137. The number of carbonyl (C=O) groups is 1. The van der Waals surface area contributed by atoms with Gasteiger partial charge < -0.3 is 15.0 Å². The Bertz CT molecular complexity index is 259. The molecule has 0 radical (unpaired) electrons. The van der Waals surface area contributed by atoms with Crippen LogP contribution < -0.4 is 5.32 Å². The molecule has 0 spiro atoms. The maximum Gasteiger partial charge on any atom is 0.248 e. The molecule has 104 valence electrons. The molecule has 1 aliphatic carbocycles. The third-order valence-corrected chi connectivity index (χ3v) is 4.16. The first-order valence-electron chi connectivity index (χ1n) is 7.32. The topological polar surface area (TPSA) is 41.6 Å². The molecule has 0 unspecified atom stereocenters. The molecule has 2 aliphatic rings. The zero-order valence-corrected chi connectivity index (χ0v) is 11.5. The Morgan fingerprint density at radius 3 is 2.56 bits per heavy atom. The number of rotatable bonds is 5. The number of nitrogens with one attached hydrogen (secondary N) is 1. The van der Waals surface area contributed by atoms with E-state index < -0.39 is 0 Å². The zero-order chi connectivity index (χ0) is 12.8. The van der Waals surface area contributed by atoms with Gasteiger partial charge in [0.1, 0.15) is 6.61 Å². The van der Waals surface area contributed by atoms with Crippen LogP contribution in [0.4, 0.5) is 0 Å². The molecule has 0 bridgehead atoms. The molecule has 1 saturated heterocycles. The molecule has 1 N–H and O–H groups in total. The summed E-state index contributed by atoms with van der Waals surface area (Å²) in [4.78, 5) is 13.8. The van der Waals surface area contributed by atoms with Crippen LogP contribution in [-0.2, 0) is 9.53 Å². The molecule has 0 aromatic rings. The van der Waals surface area contributed by atoms with E-state index in [1.54, 1.807) is 0 Å². The highest BCUT2D eigenvalue weighted by molar-refractivity contribution is 5.77. The minimum absolute atomic E-state index is 0.139. The van der Waals surface area contributed by atoms with E-state index in [0.717, 1.165) is 38.4 Å². The fourth-order valence-electron chi connectivity index (χ4n) is 2.94. The van der Waals surface area contributed by atoms with Gasteiger partial charge in [0.15, 0.2) is 0 Å². The molecule has 0 aromatic carbocycles. The Morgan fingerprint density at radius 1 is 1.22 bits per heavy atom. The first-order valence-corrected chi connectivity index (χ1v) is 7.32. The number of amides is 1. The van der Waals surface area contributed by atoms with Crippen LogP contribution in [0.1, 0.15) is 38.5 Å². The van der Waals surface area contributed by atoms with E-state index in [0.29, 0.717) is 0 Å². The van der Waals surface area contributed by atoms with Gasteiger partial charge in [0, 0.05) is 13.6 Å². The quantitative estimate of drug-likeness (QED) is 0.806. The van der Waals surface area contributed by atoms with Crippen molar-refractivity contribution in [1.29, 1.82) is 0 Å². The van der Waals surface area contributed by atoms with E-state index in [4.69, 9.17) is 4.74 Å². The molecule has 0 atom stereocenters. The maximum absolute atomic E-state index is 12.0. The number of nitrogens with zero attached hydrogens (tertiary/aromatic N) is 1. The number of hydrogen-bond acceptors (Lipinski definition) is 3. The van der Waals surface area contributed by atoms with Gasteiger partial charge in [-0.05, 0) is 44.7 Å². The second kappa shape index (κ2) is 7.10. The second-order valence-electron chi connectivity index (χ2n) is 5.69. The average Bonchev–Trinajstić information content (AvgIpc) is 2.90. The molecule has 4 heteroatoms. The van der Waals surface area contributed by atoms with Gasteiger partial charge in [-0.15, -0.1) is 0 Å². The van der Waals surface area contributed by atoms with Gasteiger partial charge in [-0.2, -0.15) is 0 Å². The van der Waals surface area contributed by atoms with Gasteiger partial charge in [-0.25, -0.2) is 0 Å². The number of piperidine rings is 1. The van der Waals surface area contributed by atoms with Gasteiger partial charge in [-0.3, -0.25) is 4.79 Å². The third-order valence-electron chi connectivity index (χ3n) is 4.16. The molecule has 1 amide bonds. The number of hydrogen-bond donors (Lipinski definition) is 1. The minimum atomic E-state index is 0.139. The first-order chi connectivity index (χ1) is 8.75. The summed E-state index contributed by atoms with van der Waals surface area (Å²) < 4.78 is 5.70. The fraction of sp³-hybridized carbons (Fsp3) is 0.929. The van der Waals surface area contributed by atoms with Gasteiger partial charge >= 0.3 is 0 Å². The third kappa shape index (κ3) is 4.25. The summed E-state index contributed by atoms with van der Waals surface area (Å²) in [5.41, 5.74) is 0. The summed E-state index contributed by atoms with van der Waals surface area (Å²) in [6.07, 6.45) is 7.56. The SMILES string of the molecule is CN(CC1CCCC1)C(=O)COC1CCNCC1. The smallest absolute Gasteiger partial charge is 0.248 e. The molecule has 1 aliphatic heterocycles. The summed E-state index contributed by atoms with van der Waals surface area (Å²) in [6, 6.07) is 0. The highest BCUT2D eigenvalue weighted by Gasteiger charge is 2.20. The standard InChI is InChI=1S/C14H26N2O2/c1-16(10-12-4-2-3-5-12)14(17)11-18-13-6-8-15-9-7-13/h12-13,15H,2-11H2,1H3. The van der Waals surface area contributed by atoms with E-state index in [2.05, 4.69) is 5.32 Å². The van der Waals surface area contributed by atoms with Crippen LogP contribution in [0.3, 0.4) is 0 Å². The molecular formula is C14H26N2O2. The summed E-state index contributed by atoms with van der Waals surface area (Å²) in [5, 5.41) is 3.30. The number of carbonyl (C=O) groups excluding carboxylic acids is 1. The normalized spacial score (nSPS) is 22.3. The molecule has 0 aromatic heterocycles. The van der Waals surface area contributed by atoms with Crippen LogP contribution >= 0.6 is 0 Å². The Labute approximate surface area is 110 Å². The van der Waals surface area contributed by atoms with Gasteiger partial charge in [0.25, 0.3) is 0 Å². The molecule has 18 heavy (non-hydrogen) atoms. The lowest BCUT2D eigenvalue weighted by atomic mass is 10.1. The Morgan fingerprint density at radius 2 is 1.89 bits per heavy atom. The molecule has 1 saturated carbocycles. The number of likely N-dealkylation sites (N-methyl/N-ethyl adjacent to an activating group) is 1. The summed E-state index contributed by atoms with van der Waals surface area (Å²) in [5.74, 6) is 0.860. The monoisotopic (exact) mass is 254 g/mol. The van der Waals surface area contributed by atoms with Crippen molar-refractivity contribution in [2.75, 3.05) is 33.3 Å². The van der Waals surface area contributed by atoms with Gasteiger partial charge in [-0.1, -0.05) is 12.8 Å². The lowest BCUT2D eigenvalue weighted by Crippen LogP contribution is -2.37. The van der Waals surface area contributed by atoms with Crippen LogP contribution in [0.2, 0.25) is 0 Å². The Hall–Kier alpha value is -0.610. The fourth-order valence-corrected chi connectivity index (χ4v) is 2.94. The zero-order valence-electron chi connectivity index (χ0n) is 11.5. The van der Waals surface area contributed by atoms with Crippen LogP contribution in [0.25, 0.3) is 0 Å². The van der Waals surface area contributed by atoms with Crippen molar-refractivity contribution in [3.05, 3.63) is 0 Å². The summed E-state index contributed by atoms with van der Waals surface area (Å²) >= 11 is 0. The van der Waals surface area contributed by atoms with Crippen molar-refractivity contribution >= 4 is 5.91 Å². The predicted molar refractivity (Wildman–Crippen MR) is 71.4 cm³/mol. The van der Waals surface area contributed by atoms with Crippen molar-refractivity contribution in [3.63, 3.8) is 0 Å². The number of ether oxygens (including phenoxy) is 1. The summed E-state index contributed by atoms with van der Waals surface area (Å²) in [7, 11) is 1.91. The van der Waals surface area contributed by atoms with E-state index in [1.165, 1.54) is 25.7 Å². The van der Waals surface area contributed by atoms with Gasteiger partial charge in [0.05, 0.1) is 6.10 Å². The van der Waals surface area contributed by atoms with E-state index in [9.17, 15) is 4.79 Å². The Kier molecular flexibility index (Phi) is 5.45. The van der Waals surface area contributed by atoms with Crippen molar-refractivity contribution in [2.45, 2.75) is 44.6 Å². The average molecular weight is 254 g/mol. The van der Waals surface area contributed by atoms with Crippen LogP contribution in [0.15, 0.2) is 0 Å². The van der Waals surface area contributed by atoms with Crippen molar-refractivity contribution in [3.8, 4) is 0 Å². The maximum atomic E-state index is 12.0. The lowest BCUT2D eigenvalue weighted by Gasteiger charge is -2.25. The van der Waals surface area contributed by atoms with Crippen LogP contribution in [0.5, 0.6) is 0 Å². The van der Waals surface area contributed by atoms with E-state index in [-0.39, 0.29) is 18.6 Å². The predicted octanol–water partition coefficient (Wildman–Crippen LogP) is 1.40. The minimum Gasteiger partial charge on any atom is -0.368 e. The van der Waals surface area contributed by atoms with Crippen molar-refractivity contribution < 1.29 is 9.53 Å². The highest BCUT2D eigenvalue weighted by atomic mass is 16.5. The van der Waals surface area contributed by atoms with E-state index >= 15 is 0 Å². The van der Waals surface area contributed by atoms with Gasteiger partial charge in [0.2, 0.25) is 5.91 Å². The molecule has 2 rings (SSSR count). The van der Waals surface area contributed by atoms with Crippen molar-refractivity contribution in [1.82, 2.24) is 10.2 Å². The molecular weight excluding hydrogens is 228 g/mol. The summed E-state index contributed by atoms with van der Waals surface area (Å²) in [6.45, 7) is 3.19. The second-order valence-corrected chi connectivity index (χ2v) is 5.69. The molecule has 4 nitrogen and oxygen atoms in total.